The lowest BCUT2D eigenvalue weighted by atomic mass is 10.1. The molecule has 2 amide bonds. The molecular weight excluding hydrogens is 373 g/mol. The van der Waals surface area contributed by atoms with Crippen LogP contribution in [-0.2, 0) is 13.1 Å². The van der Waals surface area contributed by atoms with Gasteiger partial charge in [0.1, 0.15) is 5.82 Å². The number of fused-ring (bicyclic) bond motifs is 1. The van der Waals surface area contributed by atoms with Gasteiger partial charge in [-0.1, -0.05) is 36.4 Å². The van der Waals surface area contributed by atoms with E-state index in [1.807, 2.05) is 18.2 Å². The van der Waals surface area contributed by atoms with E-state index in [9.17, 15) is 9.18 Å². The molecule has 0 unspecified atom stereocenters. The quantitative estimate of drug-likeness (QED) is 0.439. The number of carbonyl (C=O) groups excluding carboxylic acids is 1. The number of nitrogens with one attached hydrogen (secondary N) is 2. The minimum atomic E-state index is -0.459. The Labute approximate surface area is 166 Å². The molecule has 0 aliphatic heterocycles. The van der Waals surface area contributed by atoms with Crippen molar-refractivity contribution >= 4 is 34.0 Å². The van der Waals surface area contributed by atoms with Crippen LogP contribution in [0.15, 0.2) is 66.0 Å². The Hall–Kier alpha value is -3.12. The Kier molecular flexibility index (Phi) is 5.12. The predicted octanol–water partition coefficient (Wildman–Crippen LogP) is 5.85. The van der Waals surface area contributed by atoms with Gasteiger partial charge in [0.2, 0.25) is 0 Å². The van der Waals surface area contributed by atoms with Crippen LogP contribution in [0.5, 0.6) is 0 Å². The average molecular weight is 393 g/mol. The average Bonchev–Trinajstić information content (AvgIpc) is 3.33. The van der Waals surface area contributed by atoms with Crippen LogP contribution in [0.2, 0.25) is 0 Å². The minimum absolute atomic E-state index is 0.162. The fraction of sp³-hybridized carbons (Fsp3) is 0.136. The van der Waals surface area contributed by atoms with E-state index in [4.69, 9.17) is 0 Å². The maximum atomic E-state index is 13.8. The third kappa shape index (κ3) is 3.39. The zero-order valence-corrected chi connectivity index (χ0v) is 16.2. The Morgan fingerprint density at radius 1 is 1.07 bits per heavy atom. The SMILES string of the molecule is CCn1c(-c2cccs2)c(CNC(=O)Nc2ccccc2F)c2ccccc21. The topological polar surface area (TPSA) is 46.1 Å². The standard InChI is InChI=1S/C22H20FN3OS/c1-2-26-19-11-6-3-8-15(19)16(21(26)20-12-7-13-28-20)14-24-22(27)25-18-10-5-4-9-17(18)23/h3-13H,2,14H2,1H3,(H2,24,25,27). The highest BCUT2D eigenvalue weighted by molar-refractivity contribution is 7.13. The van der Waals surface area contributed by atoms with Gasteiger partial charge in [-0.05, 0) is 36.6 Å². The second-order valence-electron chi connectivity index (χ2n) is 6.35. The van der Waals surface area contributed by atoms with Crippen molar-refractivity contribution in [3.05, 3.63) is 77.4 Å². The fourth-order valence-electron chi connectivity index (χ4n) is 3.48. The number of halogens is 1. The summed E-state index contributed by atoms with van der Waals surface area (Å²) in [6.45, 7) is 3.29. The first kappa shape index (κ1) is 18.3. The molecule has 2 aromatic heterocycles. The maximum Gasteiger partial charge on any atom is 0.319 e. The van der Waals surface area contributed by atoms with Crippen LogP contribution in [0, 0.1) is 5.82 Å². The molecule has 2 aromatic carbocycles. The number of amides is 2. The molecule has 2 N–H and O–H groups in total. The monoisotopic (exact) mass is 393 g/mol. The van der Waals surface area contributed by atoms with Crippen molar-refractivity contribution in [2.75, 3.05) is 5.32 Å². The summed E-state index contributed by atoms with van der Waals surface area (Å²) in [4.78, 5) is 13.5. The highest BCUT2D eigenvalue weighted by atomic mass is 32.1. The van der Waals surface area contributed by atoms with E-state index < -0.39 is 11.8 Å². The van der Waals surface area contributed by atoms with E-state index in [2.05, 4.69) is 45.7 Å². The van der Waals surface area contributed by atoms with Crippen LogP contribution in [0.1, 0.15) is 12.5 Å². The summed E-state index contributed by atoms with van der Waals surface area (Å²) in [5.41, 5.74) is 3.47. The van der Waals surface area contributed by atoms with E-state index in [1.165, 1.54) is 12.1 Å². The molecular formula is C22H20FN3OS. The van der Waals surface area contributed by atoms with Gasteiger partial charge in [0.05, 0.1) is 16.3 Å². The van der Waals surface area contributed by atoms with Crippen molar-refractivity contribution in [2.45, 2.75) is 20.0 Å². The summed E-state index contributed by atoms with van der Waals surface area (Å²) in [6, 6.07) is 18.0. The lowest BCUT2D eigenvalue weighted by Gasteiger charge is -2.11. The van der Waals surface area contributed by atoms with Gasteiger partial charge in [0, 0.05) is 29.6 Å². The van der Waals surface area contributed by atoms with Gasteiger partial charge in [-0.3, -0.25) is 0 Å². The molecule has 0 radical (unpaired) electrons. The second-order valence-corrected chi connectivity index (χ2v) is 7.30. The van der Waals surface area contributed by atoms with Crippen LogP contribution in [0.4, 0.5) is 14.9 Å². The van der Waals surface area contributed by atoms with Crippen molar-refractivity contribution in [2.24, 2.45) is 0 Å². The van der Waals surface area contributed by atoms with Crippen LogP contribution >= 0.6 is 11.3 Å². The largest absolute Gasteiger partial charge is 0.340 e. The number of nitrogens with zero attached hydrogens (tertiary/aromatic N) is 1. The first-order valence-corrected chi connectivity index (χ1v) is 10.0. The molecule has 0 atom stereocenters. The zero-order chi connectivity index (χ0) is 19.5. The predicted molar refractivity (Wildman–Crippen MR) is 113 cm³/mol. The number of anilines is 1. The molecule has 0 saturated carbocycles. The van der Waals surface area contributed by atoms with E-state index in [0.29, 0.717) is 6.54 Å². The Morgan fingerprint density at radius 3 is 2.61 bits per heavy atom. The molecule has 0 bridgehead atoms. The number of aromatic nitrogens is 1. The van der Waals surface area contributed by atoms with Gasteiger partial charge in [-0.25, -0.2) is 9.18 Å². The van der Waals surface area contributed by atoms with E-state index in [-0.39, 0.29) is 5.69 Å². The van der Waals surface area contributed by atoms with Crippen LogP contribution in [0.3, 0.4) is 0 Å². The molecule has 4 nitrogen and oxygen atoms in total. The molecule has 0 aliphatic carbocycles. The molecule has 0 fully saturated rings. The third-order valence-electron chi connectivity index (χ3n) is 4.69. The molecule has 142 valence electrons. The highest BCUT2D eigenvalue weighted by Gasteiger charge is 2.19. The third-order valence-corrected chi connectivity index (χ3v) is 5.57. The van der Waals surface area contributed by atoms with Gasteiger partial charge in [0.25, 0.3) is 0 Å². The lowest BCUT2D eigenvalue weighted by Crippen LogP contribution is -2.28. The van der Waals surface area contributed by atoms with E-state index in [0.717, 1.165) is 33.6 Å². The van der Waals surface area contributed by atoms with Gasteiger partial charge < -0.3 is 15.2 Å². The summed E-state index contributed by atoms with van der Waals surface area (Å²) in [5.74, 6) is -0.459. The van der Waals surface area contributed by atoms with E-state index >= 15 is 0 Å². The summed E-state index contributed by atoms with van der Waals surface area (Å²) in [7, 11) is 0. The van der Waals surface area contributed by atoms with Crippen LogP contribution in [-0.4, -0.2) is 10.6 Å². The smallest absolute Gasteiger partial charge is 0.319 e. The van der Waals surface area contributed by atoms with Gasteiger partial charge in [0.15, 0.2) is 0 Å². The lowest BCUT2D eigenvalue weighted by molar-refractivity contribution is 0.251. The van der Waals surface area contributed by atoms with Crippen LogP contribution in [0.25, 0.3) is 21.5 Å². The van der Waals surface area contributed by atoms with Gasteiger partial charge in [-0.15, -0.1) is 11.3 Å². The molecule has 4 rings (SSSR count). The normalized spacial score (nSPS) is 10.9. The van der Waals surface area contributed by atoms with Crippen molar-refractivity contribution in [3.8, 4) is 10.6 Å². The molecule has 2 heterocycles. The molecule has 28 heavy (non-hydrogen) atoms. The summed E-state index contributed by atoms with van der Waals surface area (Å²) in [6.07, 6.45) is 0. The fourth-order valence-corrected chi connectivity index (χ4v) is 4.28. The van der Waals surface area contributed by atoms with Crippen LogP contribution < -0.4 is 10.6 Å². The molecule has 0 saturated heterocycles. The Bertz CT molecular complexity index is 1120. The first-order chi connectivity index (χ1) is 13.7. The Balaban J connectivity index is 1.66. The van der Waals surface area contributed by atoms with E-state index in [1.54, 1.807) is 23.5 Å². The molecule has 4 aromatic rings. The highest BCUT2D eigenvalue weighted by Crippen LogP contribution is 2.36. The number of aryl methyl sites for hydroxylation is 1. The summed E-state index contributed by atoms with van der Waals surface area (Å²) >= 11 is 1.68. The van der Waals surface area contributed by atoms with Gasteiger partial charge >= 0.3 is 6.03 Å². The van der Waals surface area contributed by atoms with Crippen molar-refractivity contribution < 1.29 is 9.18 Å². The van der Waals surface area contributed by atoms with Crippen molar-refractivity contribution in [1.29, 1.82) is 0 Å². The summed E-state index contributed by atoms with van der Waals surface area (Å²) in [5, 5.41) is 8.62. The summed E-state index contributed by atoms with van der Waals surface area (Å²) < 4.78 is 16.0. The first-order valence-electron chi connectivity index (χ1n) is 9.12. The zero-order valence-electron chi connectivity index (χ0n) is 15.4. The minimum Gasteiger partial charge on any atom is -0.340 e. The number of rotatable bonds is 5. The number of hydrogen-bond donors (Lipinski definition) is 2. The van der Waals surface area contributed by atoms with Crippen molar-refractivity contribution in [3.63, 3.8) is 0 Å². The number of hydrogen-bond acceptors (Lipinski definition) is 2. The number of para-hydroxylation sites is 2. The number of thiophene rings is 1. The number of benzene rings is 2. The molecule has 0 aliphatic rings. The Morgan fingerprint density at radius 2 is 1.86 bits per heavy atom. The number of carbonyl (C=O) groups is 1. The number of urea groups is 1. The van der Waals surface area contributed by atoms with Crippen molar-refractivity contribution in [1.82, 2.24) is 9.88 Å². The molecule has 0 spiro atoms. The van der Waals surface area contributed by atoms with Gasteiger partial charge in [-0.2, -0.15) is 0 Å². The maximum absolute atomic E-state index is 13.8. The second kappa shape index (κ2) is 7.86. The molecule has 6 heteroatoms.